The first-order valence-electron chi connectivity index (χ1n) is 8.02. The Bertz CT molecular complexity index is 947. The maximum atomic E-state index is 13.4. The van der Waals surface area contributed by atoms with E-state index >= 15 is 0 Å². The van der Waals surface area contributed by atoms with Crippen molar-refractivity contribution in [3.05, 3.63) is 69.5 Å². The molecule has 9 nitrogen and oxygen atoms in total. The number of carbonyl (C=O) groups excluding carboxylic acids is 2. The van der Waals surface area contributed by atoms with E-state index in [2.05, 4.69) is 10.6 Å². The molecule has 28 heavy (non-hydrogen) atoms. The third kappa shape index (κ3) is 5.10. The number of hydrogen-bond donors (Lipinski definition) is 3. The predicted octanol–water partition coefficient (Wildman–Crippen LogP) is 2.12. The van der Waals surface area contributed by atoms with Crippen molar-refractivity contribution in [3.63, 3.8) is 0 Å². The maximum absolute atomic E-state index is 13.4. The summed E-state index contributed by atoms with van der Waals surface area (Å²) in [5.74, 6) is -3.59. The Morgan fingerprint density at radius 1 is 1.21 bits per heavy atom. The van der Waals surface area contributed by atoms with E-state index in [1.165, 1.54) is 25.1 Å². The molecule has 3 N–H and O–H groups in total. The highest BCUT2D eigenvalue weighted by molar-refractivity contribution is 6.04. The maximum Gasteiger partial charge on any atom is 0.326 e. The molecule has 0 fully saturated rings. The first-order chi connectivity index (χ1) is 13.2. The molecule has 0 saturated carbocycles. The SMILES string of the molecule is CC(=O)Nc1ccccc1C(=O)N[C@@H](Cc1ccc(F)c([N+](=O)[O-])c1)C(=O)O. The van der Waals surface area contributed by atoms with Crippen LogP contribution in [0.1, 0.15) is 22.8 Å². The number of para-hydroxylation sites is 1. The van der Waals surface area contributed by atoms with Gasteiger partial charge in [-0.1, -0.05) is 18.2 Å². The van der Waals surface area contributed by atoms with Crippen LogP contribution in [0.3, 0.4) is 0 Å². The van der Waals surface area contributed by atoms with Crippen LogP contribution >= 0.6 is 0 Å². The number of benzene rings is 2. The summed E-state index contributed by atoms with van der Waals surface area (Å²) in [6, 6.07) is 7.58. The van der Waals surface area contributed by atoms with Crippen molar-refractivity contribution in [2.24, 2.45) is 0 Å². The van der Waals surface area contributed by atoms with Gasteiger partial charge in [0.25, 0.3) is 5.91 Å². The molecule has 2 aromatic rings. The van der Waals surface area contributed by atoms with Crippen LogP contribution in [-0.4, -0.2) is 33.9 Å². The number of halogens is 1. The molecule has 2 rings (SSSR count). The molecular formula is C18H16FN3O6. The highest BCUT2D eigenvalue weighted by Crippen LogP contribution is 2.20. The predicted molar refractivity (Wildman–Crippen MR) is 96.4 cm³/mol. The number of carboxylic acid groups (broad SMARTS) is 1. The lowest BCUT2D eigenvalue weighted by molar-refractivity contribution is -0.387. The van der Waals surface area contributed by atoms with Gasteiger partial charge in [-0.05, 0) is 23.8 Å². The van der Waals surface area contributed by atoms with Gasteiger partial charge in [0.15, 0.2) is 0 Å². The Labute approximate surface area is 158 Å². The van der Waals surface area contributed by atoms with Crippen LogP contribution in [0, 0.1) is 15.9 Å². The van der Waals surface area contributed by atoms with Crippen molar-refractivity contribution in [2.45, 2.75) is 19.4 Å². The molecule has 146 valence electrons. The number of nitro groups is 1. The fraction of sp³-hybridized carbons (Fsp3) is 0.167. The van der Waals surface area contributed by atoms with Crippen molar-refractivity contribution in [1.82, 2.24) is 5.32 Å². The molecule has 0 radical (unpaired) electrons. The molecule has 1 atom stereocenters. The van der Waals surface area contributed by atoms with Gasteiger partial charge in [0.1, 0.15) is 6.04 Å². The van der Waals surface area contributed by atoms with Gasteiger partial charge < -0.3 is 15.7 Å². The van der Waals surface area contributed by atoms with Crippen LogP contribution in [0.25, 0.3) is 0 Å². The molecule has 0 bridgehead atoms. The molecule has 0 unspecified atom stereocenters. The fourth-order valence-corrected chi connectivity index (χ4v) is 2.48. The van der Waals surface area contributed by atoms with E-state index in [0.29, 0.717) is 0 Å². The summed E-state index contributed by atoms with van der Waals surface area (Å²) in [5, 5.41) is 25.0. The molecule has 2 amide bonds. The van der Waals surface area contributed by atoms with Crippen LogP contribution in [0.15, 0.2) is 42.5 Å². The number of nitrogens with zero attached hydrogens (tertiary/aromatic N) is 1. The standard InChI is InChI=1S/C18H16FN3O6/c1-10(23)20-14-5-3-2-4-12(14)17(24)21-15(18(25)26)8-11-6-7-13(19)16(9-11)22(27)28/h2-7,9,15H,8H2,1H3,(H,20,23)(H,21,24)(H,25,26)/t15-/m0/s1. The normalized spacial score (nSPS) is 11.4. The Kier molecular flexibility index (Phi) is 6.38. The van der Waals surface area contributed by atoms with Crippen molar-refractivity contribution in [2.75, 3.05) is 5.32 Å². The Morgan fingerprint density at radius 3 is 2.50 bits per heavy atom. The lowest BCUT2D eigenvalue weighted by Crippen LogP contribution is -2.42. The lowest BCUT2D eigenvalue weighted by Gasteiger charge is -2.16. The highest BCUT2D eigenvalue weighted by Gasteiger charge is 2.24. The highest BCUT2D eigenvalue weighted by atomic mass is 19.1. The number of nitrogens with one attached hydrogen (secondary N) is 2. The molecule has 2 aromatic carbocycles. The Balaban J connectivity index is 2.24. The van der Waals surface area contributed by atoms with Crippen LogP contribution < -0.4 is 10.6 Å². The fourth-order valence-electron chi connectivity index (χ4n) is 2.48. The van der Waals surface area contributed by atoms with Gasteiger partial charge in [-0.25, -0.2) is 4.79 Å². The van der Waals surface area contributed by atoms with E-state index in [1.807, 2.05) is 0 Å². The van der Waals surface area contributed by atoms with Gasteiger partial charge >= 0.3 is 11.7 Å². The number of anilines is 1. The van der Waals surface area contributed by atoms with Gasteiger partial charge in [0.05, 0.1) is 16.2 Å². The largest absolute Gasteiger partial charge is 0.480 e. The third-order valence-electron chi connectivity index (χ3n) is 3.73. The van der Waals surface area contributed by atoms with E-state index in [0.717, 1.165) is 12.1 Å². The number of carboxylic acids is 1. The summed E-state index contributed by atoms with van der Waals surface area (Å²) >= 11 is 0. The molecule has 0 heterocycles. The van der Waals surface area contributed by atoms with Crippen LogP contribution in [-0.2, 0) is 16.0 Å². The second-order valence-corrected chi connectivity index (χ2v) is 5.84. The average molecular weight is 389 g/mol. The molecule has 0 spiro atoms. The topological polar surface area (TPSA) is 139 Å². The van der Waals surface area contributed by atoms with Gasteiger partial charge in [-0.2, -0.15) is 4.39 Å². The molecule has 0 aliphatic heterocycles. The summed E-state index contributed by atoms with van der Waals surface area (Å²) in [6.07, 6.45) is -0.301. The lowest BCUT2D eigenvalue weighted by atomic mass is 10.0. The van der Waals surface area contributed by atoms with Crippen molar-refractivity contribution in [3.8, 4) is 0 Å². The summed E-state index contributed by atoms with van der Waals surface area (Å²) < 4.78 is 13.4. The van der Waals surface area contributed by atoms with Crippen molar-refractivity contribution < 1.29 is 28.8 Å². The van der Waals surface area contributed by atoms with E-state index in [-0.39, 0.29) is 23.2 Å². The van der Waals surface area contributed by atoms with Crippen molar-refractivity contribution in [1.29, 1.82) is 0 Å². The Morgan fingerprint density at radius 2 is 1.89 bits per heavy atom. The van der Waals surface area contributed by atoms with Gasteiger partial charge in [0, 0.05) is 19.4 Å². The zero-order valence-corrected chi connectivity index (χ0v) is 14.6. The number of aliphatic carboxylic acids is 1. The second-order valence-electron chi connectivity index (χ2n) is 5.84. The molecule has 0 saturated heterocycles. The van der Waals surface area contributed by atoms with Crippen LogP contribution in [0.5, 0.6) is 0 Å². The van der Waals surface area contributed by atoms with E-state index in [9.17, 15) is 34.0 Å². The number of hydrogen-bond acceptors (Lipinski definition) is 5. The summed E-state index contributed by atoms with van der Waals surface area (Å²) in [6.45, 7) is 1.26. The molecule has 0 aliphatic rings. The molecular weight excluding hydrogens is 373 g/mol. The van der Waals surface area contributed by atoms with Gasteiger partial charge in [-0.3, -0.25) is 19.7 Å². The van der Waals surface area contributed by atoms with Crippen LogP contribution in [0.4, 0.5) is 15.8 Å². The van der Waals surface area contributed by atoms with Crippen LogP contribution in [0.2, 0.25) is 0 Å². The van der Waals surface area contributed by atoms with E-state index < -0.39 is 40.3 Å². The minimum absolute atomic E-state index is 0.0500. The summed E-state index contributed by atoms with van der Waals surface area (Å²) in [7, 11) is 0. The third-order valence-corrected chi connectivity index (χ3v) is 3.73. The van der Waals surface area contributed by atoms with E-state index in [4.69, 9.17) is 0 Å². The molecule has 0 aliphatic carbocycles. The number of nitro benzene ring substituents is 1. The quantitative estimate of drug-likeness (QED) is 0.490. The van der Waals surface area contributed by atoms with Gasteiger partial charge in [-0.15, -0.1) is 0 Å². The molecule has 0 aromatic heterocycles. The molecule has 10 heteroatoms. The van der Waals surface area contributed by atoms with Gasteiger partial charge in [0.2, 0.25) is 11.7 Å². The number of rotatable bonds is 7. The minimum Gasteiger partial charge on any atom is -0.480 e. The first kappa shape index (κ1) is 20.5. The van der Waals surface area contributed by atoms with E-state index in [1.54, 1.807) is 12.1 Å². The average Bonchev–Trinajstić information content (AvgIpc) is 2.62. The first-order valence-corrected chi connectivity index (χ1v) is 8.02. The number of amides is 2. The summed E-state index contributed by atoms with van der Waals surface area (Å²) in [4.78, 5) is 45.2. The summed E-state index contributed by atoms with van der Waals surface area (Å²) in [5.41, 5.74) is -0.372. The smallest absolute Gasteiger partial charge is 0.326 e. The number of carbonyl (C=O) groups is 3. The van der Waals surface area contributed by atoms with Crippen molar-refractivity contribution >= 4 is 29.2 Å². The second kappa shape index (κ2) is 8.71. The monoisotopic (exact) mass is 389 g/mol. The minimum atomic E-state index is -1.43. The zero-order chi connectivity index (χ0) is 20.8. The Hall–Kier alpha value is -3.82. The zero-order valence-electron chi connectivity index (χ0n) is 14.6.